The first-order chi connectivity index (χ1) is 29.4. The van der Waals surface area contributed by atoms with Crippen molar-refractivity contribution in [1.82, 2.24) is 30.8 Å². The normalized spacial score (nSPS) is 22.6. The van der Waals surface area contributed by atoms with Crippen molar-refractivity contribution in [1.29, 1.82) is 0 Å². The number of hydrogen-bond acceptors (Lipinski definition) is 9. The first kappa shape index (κ1) is 44.9. The molecule has 3 aliphatic heterocycles. The second-order valence-electron chi connectivity index (χ2n) is 18.1. The van der Waals surface area contributed by atoms with Gasteiger partial charge in [-0.05, 0) is 126 Å². The lowest BCUT2D eigenvalue weighted by Gasteiger charge is -2.46. The number of hydrogen-bond donors (Lipinski definition) is 4. The second-order valence-corrected chi connectivity index (χ2v) is 18.1. The lowest BCUT2D eigenvalue weighted by Crippen LogP contribution is -2.50. The third-order valence-corrected chi connectivity index (χ3v) is 13.3. The van der Waals surface area contributed by atoms with E-state index in [2.05, 4.69) is 25.9 Å². The highest BCUT2D eigenvalue weighted by atomic mass is 19.4. The van der Waals surface area contributed by atoms with Crippen LogP contribution in [0.2, 0.25) is 0 Å². The number of anilines is 1. The van der Waals surface area contributed by atoms with Crippen LogP contribution in [0.1, 0.15) is 112 Å². The molecule has 4 heterocycles. The van der Waals surface area contributed by atoms with Gasteiger partial charge in [-0.2, -0.15) is 18.3 Å². The van der Waals surface area contributed by atoms with E-state index in [1.807, 2.05) is 11.8 Å². The molecule has 17 heteroatoms. The molecule has 62 heavy (non-hydrogen) atoms. The monoisotopic (exact) mass is 864 g/mol. The number of amides is 5. The minimum atomic E-state index is -4.69. The summed E-state index contributed by atoms with van der Waals surface area (Å²) in [6.45, 7) is 9.30. The average molecular weight is 865 g/mol. The highest BCUT2D eigenvalue weighted by Gasteiger charge is 2.40. The Hall–Kier alpha value is -5.16. The maximum absolute atomic E-state index is 14.7. The molecule has 0 unspecified atom stereocenters. The predicted molar refractivity (Wildman–Crippen MR) is 224 cm³/mol. The summed E-state index contributed by atoms with van der Waals surface area (Å²) in [6, 6.07) is 6.69. The molecular weight excluding hydrogens is 809 g/mol. The largest absolute Gasteiger partial charge is 0.433 e. The molecule has 2 aliphatic carbocycles. The molecular formula is C45H56F4N8O5. The number of piperidine rings is 2. The highest BCUT2D eigenvalue weighted by Crippen LogP contribution is 2.47. The van der Waals surface area contributed by atoms with E-state index in [-0.39, 0.29) is 47.6 Å². The molecule has 1 saturated carbocycles. The van der Waals surface area contributed by atoms with Crippen LogP contribution < -0.4 is 21.0 Å². The first-order valence-corrected chi connectivity index (χ1v) is 21.7. The summed E-state index contributed by atoms with van der Waals surface area (Å²) >= 11 is 0. The highest BCUT2D eigenvalue weighted by molar-refractivity contribution is 6.06. The van der Waals surface area contributed by atoms with E-state index in [9.17, 15) is 41.8 Å². The number of nitrogens with zero attached hydrogens (tertiary/aromatic N) is 5. The zero-order valence-electron chi connectivity index (χ0n) is 35.5. The lowest BCUT2D eigenvalue weighted by molar-refractivity contribution is -0.141. The number of nitrogens with one attached hydrogen (secondary N) is 3. The van der Waals surface area contributed by atoms with Crippen LogP contribution in [0, 0.1) is 23.1 Å². The summed E-state index contributed by atoms with van der Waals surface area (Å²) in [4.78, 5) is 59.4. The Balaban J connectivity index is 0.835. The molecule has 13 nitrogen and oxygen atoms in total. The summed E-state index contributed by atoms with van der Waals surface area (Å²) in [5.41, 5.74) is 2.28. The number of urea groups is 1. The van der Waals surface area contributed by atoms with Crippen LogP contribution in [0.4, 0.5) is 28.0 Å². The lowest BCUT2D eigenvalue weighted by atomic mass is 9.65. The molecule has 5 aliphatic rings. The van der Waals surface area contributed by atoms with Gasteiger partial charge in [0.25, 0.3) is 11.8 Å². The molecule has 3 saturated heterocycles. The van der Waals surface area contributed by atoms with Crippen LogP contribution in [0.15, 0.2) is 64.9 Å². The smallest absolute Gasteiger partial charge is 0.386 e. The molecule has 0 bridgehead atoms. The minimum absolute atomic E-state index is 0.00431. The molecule has 7 rings (SSSR count). The van der Waals surface area contributed by atoms with Gasteiger partial charge >= 0.3 is 12.2 Å². The van der Waals surface area contributed by atoms with Crippen molar-refractivity contribution in [3.63, 3.8) is 0 Å². The number of aromatic nitrogens is 1. The topological polar surface area (TPSA) is 160 Å². The summed E-state index contributed by atoms with van der Waals surface area (Å²) in [6.07, 6.45) is 8.32. The number of hydrazone groups is 1. The number of benzene rings is 1. The van der Waals surface area contributed by atoms with Crippen LogP contribution in [0.5, 0.6) is 0 Å². The SMILES string of the molecule is C[C@H]1C=C(NC(=O)c2cccc(C(F)(F)F)n2)C(C(C)(C)O)=C/C1=N/NC1CCN(CCC2CCC3(CC2)CCN(C(=O)c2ccc(F)c(N4CCC(=O)NC4=O)c2)CC3)CC1. The van der Waals surface area contributed by atoms with Crippen molar-refractivity contribution in [2.45, 2.75) is 103 Å². The van der Waals surface area contributed by atoms with E-state index in [1.165, 1.54) is 42.0 Å². The van der Waals surface area contributed by atoms with Crippen molar-refractivity contribution in [3.8, 4) is 0 Å². The van der Waals surface area contributed by atoms with E-state index in [0.717, 1.165) is 76.7 Å². The Bertz CT molecular complexity index is 2120. The van der Waals surface area contributed by atoms with E-state index in [0.29, 0.717) is 41.6 Å². The maximum atomic E-state index is 14.7. The number of aliphatic hydroxyl groups is 1. The molecule has 1 aromatic heterocycles. The van der Waals surface area contributed by atoms with E-state index in [4.69, 9.17) is 5.10 Å². The molecule has 4 fully saturated rings. The van der Waals surface area contributed by atoms with Crippen molar-refractivity contribution >= 4 is 35.2 Å². The van der Waals surface area contributed by atoms with E-state index in [1.54, 1.807) is 26.0 Å². The number of rotatable bonds is 10. The number of carbonyl (C=O) groups excluding carboxylic acids is 4. The van der Waals surface area contributed by atoms with Crippen molar-refractivity contribution in [3.05, 3.63) is 82.6 Å². The van der Waals surface area contributed by atoms with E-state index >= 15 is 0 Å². The van der Waals surface area contributed by atoms with Crippen LogP contribution in [0.3, 0.4) is 0 Å². The molecule has 4 N–H and O–H groups in total. The van der Waals surface area contributed by atoms with Gasteiger partial charge in [-0.3, -0.25) is 24.6 Å². The van der Waals surface area contributed by atoms with Crippen molar-refractivity contribution < 1.29 is 41.8 Å². The number of alkyl halides is 3. The number of carbonyl (C=O) groups is 4. The zero-order valence-corrected chi connectivity index (χ0v) is 35.5. The van der Waals surface area contributed by atoms with Crippen LogP contribution in [-0.2, 0) is 11.0 Å². The second kappa shape index (κ2) is 18.3. The maximum Gasteiger partial charge on any atom is 0.433 e. The van der Waals surface area contributed by atoms with Gasteiger partial charge in [-0.15, -0.1) is 0 Å². The third kappa shape index (κ3) is 10.5. The van der Waals surface area contributed by atoms with Crippen LogP contribution >= 0.6 is 0 Å². The summed E-state index contributed by atoms with van der Waals surface area (Å²) in [5.74, 6) is -1.62. The van der Waals surface area contributed by atoms with Gasteiger partial charge in [0.1, 0.15) is 17.2 Å². The molecule has 5 amide bonds. The van der Waals surface area contributed by atoms with Gasteiger partial charge in [0.15, 0.2) is 0 Å². The Kier molecular flexibility index (Phi) is 13.2. The fourth-order valence-corrected chi connectivity index (χ4v) is 9.35. The molecule has 334 valence electrons. The van der Waals surface area contributed by atoms with Gasteiger partial charge < -0.3 is 25.6 Å². The average Bonchev–Trinajstić information content (AvgIpc) is 3.23. The minimum Gasteiger partial charge on any atom is -0.386 e. The van der Waals surface area contributed by atoms with Gasteiger partial charge in [0, 0.05) is 67.9 Å². The van der Waals surface area contributed by atoms with Crippen LogP contribution in [-0.4, -0.2) is 100 Å². The summed E-state index contributed by atoms with van der Waals surface area (Å²) < 4.78 is 54.3. The van der Waals surface area contributed by atoms with Gasteiger partial charge in [0.2, 0.25) is 5.91 Å². The molecule has 1 spiro atoms. The van der Waals surface area contributed by atoms with Crippen molar-refractivity contribution in [2.24, 2.45) is 22.4 Å². The quantitative estimate of drug-likeness (QED) is 0.155. The fourth-order valence-electron chi connectivity index (χ4n) is 9.35. The zero-order chi connectivity index (χ0) is 44.4. The van der Waals surface area contributed by atoms with Gasteiger partial charge in [-0.1, -0.05) is 19.1 Å². The molecule has 1 atom stereocenters. The Morgan fingerprint density at radius 3 is 2.35 bits per heavy atom. The fraction of sp³-hybridized carbons (Fsp3) is 0.556. The number of pyridine rings is 1. The molecule has 2 aromatic rings. The van der Waals surface area contributed by atoms with Gasteiger partial charge in [-0.25, -0.2) is 14.2 Å². The van der Waals surface area contributed by atoms with E-state index < -0.39 is 41.1 Å². The molecule has 1 aromatic carbocycles. The Morgan fingerprint density at radius 2 is 1.69 bits per heavy atom. The predicted octanol–water partition coefficient (Wildman–Crippen LogP) is 6.56. The standard InChI is InChI=1S/C45H56F4N8O5/c1-28-25-36(51-40(59)34-5-4-6-38(50-34)45(47,48)49)32(43(2,3)62)27-35(28)54-53-31-12-20-55(21-13-31)19-11-29-9-15-44(16-10-29)17-23-56(24-18-44)41(60)30-7-8-33(46)37(26-30)57-22-14-39(58)52-42(57)61/h4-8,25-29,31,53,62H,9-24H2,1-3H3,(H,51,59)(H,52,58,61)/b54-35-/t28-/m0/s1. The van der Waals surface area contributed by atoms with Crippen LogP contribution in [0.25, 0.3) is 0 Å². The summed E-state index contributed by atoms with van der Waals surface area (Å²) in [7, 11) is 0. The molecule has 0 radical (unpaired) electrons. The number of allylic oxidation sites excluding steroid dienone is 2. The third-order valence-electron chi connectivity index (χ3n) is 13.3. The van der Waals surface area contributed by atoms with Crippen molar-refractivity contribution in [2.75, 3.05) is 44.2 Å². The summed E-state index contributed by atoms with van der Waals surface area (Å²) in [5, 5.41) is 20.5. The Morgan fingerprint density at radius 1 is 0.984 bits per heavy atom. The Labute approximate surface area is 359 Å². The number of imide groups is 1. The number of halogens is 4. The van der Waals surface area contributed by atoms with Gasteiger partial charge in [0.05, 0.1) is 17.0 Å². The first-order valence-electron chi connectivity index (χ1n) is 21.7. The number of likely N-dealkylation sites (tertiary alicyclic amines) is 2.